The first kappa shape index (κ1) is 10.2. The van der Waals surface area contributed by atoms with Crippen molar-refractivity contribution in [1.29, 1.82) is 0 Å². The van der Waals surface area contributed by atoms with Crippen LogP contribution >= 0.6 is 0 Å². The van der Waals surface area contributed by atoms with Gasteiger partial charge in [-0.25, -0.2) is 4.98 Å². The molecule has 2 aromatic heterocycles. The molecule has 15 heavy (non-hydrogen) atoms. The fraction of sp³-hybridized carbons (Fsp3) is 0.417. The molecule has 80 valence electrons. The fourth-order valence-corrected chi connectivity index (χ4v) is 1.79. The van der Waals surface area contributed by atoms with Crippen LogP contribution in [0.2, 0.25) is 0 Å². The molecule has 0 amide bonds. The Morgan fingerprint density at radius 1 is 1.40 bits per heavy atom. The zero-order valence-corrected chi connectivity index (χ0v) is 9.49. The second-order valence-corrected chi connectivity index (χ2v) is 4.13. The van der Waals surface area contributed by atoms with Gasteiger partial charge >= 0.3 is 0 Å². The van der Waals surface area contributed by atoms with Crippen molar-refractivity contribution in [2.75, 3.05) is 7.05 Å². The third-order valence-corrected chi connectivity index (χ3v) is 2.51. The average Bonchev–Trinajstić information content (AvgIpc) is 2.61. The summed E-state index contributed by atoms with van der Waals surface area (Å²) in [5.41, 5.74) is 2.45. The summed E-state index contributed by atoms with van der Waals surface area (Å²) in [5.74, 6) is 1.58. The highest BCUT2D eigenvalue weighted by Crippen LogP contribution is 2.16. The summed E-state index contributed by atoms with van der Waals surface area (Å²) >= 11 is 0. The topological polar surface area (TPSA) is 29.3 Å². The number of fused-ring (bicyclic) bond motifs is 1. The minimum absolute atomic E-state index is 0.456. The van der Waals surface area contributed by atoms with Crippen LogP contribution < -0.4 is 5.32 Å². The van der Waals surface area contributed by atoms with Crippen molar-refractivity contribution in [2.45, 2.75) is 26.3 Å². The van der Waals surface area contributed by atoms with E-state index in [0.29, 0.717) is 5.92 Å². The van der Waals surface area contributed by atoms with E-state index in [-0.39, 0.29) is 0 Å². The van der Waals surface area contributed by atoms with Crippen LogP contribution in [0, 0.1) is 0 Å². The first-order chi connectivity index (χ1) is 7.22. The minimum atomic E-state index is 0.456. The minimum Gasteiger partial charge on any atom is -0.316 e. The standard InChI is InChI=1S/C12H17N3/c1-9(2)12-14-7-11-5-4-10(6-13-3)8-15(11)12/h4-5,7-9,13H,6H2,1-3H3. The SMILES string of the molecule is CNCc1ccc2cnc(C(C)C)n2c1. The molecule has 0 saturated heterocycles. The van der Waals surface area contributed by atoms with Gasteiger partial charge in [0.1, 0.15) is 5.82 Å². The number of rotatable bonds is 3. The molecule has 2 aromatic rings. The van der Waals surface area contributed by atoms with Gasteiger partial charge < -0.3 is 9.72 Å². The van der Waals surface area contributed by atoms with E-state index in [2.05, 4.69) is 46.9 Å². The third-order valence-electron chi connectivity index (χ3n) is 2.51. The molecule has 0 unspecified atom stereocenters. The zero-order chi connectivity index (χ0) is 10.8. The summed E-state index contributed by atoms with van der Waals surface area (Å²) < 4.78 is 2.18. The molecular formula is C12H17N3. The van der Waals surface area contributed by atoms with Crippen molar-refractivity contribution in [1.82, 2.24) is 14.7 Å². The first-order valence-electron chi connectivity index (χ1n) is 5.33. The summed E-state index contributed by atoms with van der Waals surface area (Å²) in [4.78, 5) is 4.44. The van der Waals surface area contributed by atoms with Gasteiger partial charge in [0.2, 0.25) is 0 Å². The number of hydrogen-bond acceptors (Lipinski definition) is 2. The number of pyridine rings is 1. The Morgan fingerprint density at radius 3 is 2.87 bits per heavy atom. The molecule has 2 rings (SSSR count). The monoisotopic (exact) mass is 203 g/mol. The Labute approximate surface area is 90.1 Å². The summed E-state index contributed by atoms with van der Waals surface area (Å²) in [6.07, 6.45) is 4.09. The van der Waals surface area contributed by atoms with Gasteiger partial charge in [0.15, 0.2) is 0 Å². The van der Waals surface area contributed by atoms with Gasteiger partial charge in [-0.3, -0.25) is 0 Å². The molecule has 0 spiro atoms. The molecule has 1 N–H and O–H groups in total. The van der Waals surface area contributed by atoms with E-state index in [1.807, 2.05) is 13.2 Å². The fourth-order valence-electron chi connectivity index (χ4n) is 1.79. The molecule has 0 saturated carbocycles. The van der Waals surface area contributed by atoms with Gasteiger partial charge in [-0.2, -0.15) is 0 Å². The Bertz CT molecular complexity index is 457. The van der Waals surface area contributed by atoms with Crippen LogP contribution in [0.3, 0.4) is 0 Å². The van der Waals surface area contributed by atoms with Gasteiger partial charge in [0.25, 0.3) is 0 Å². The van der Waals surface area contributed by atoms with Gasteiger partial charge in [0.05, 0.1) is 11.7 Å². The average molecular weight is 203 g/mol. The molecule has 0 aliphatic rings. The van der Waals surface area contributed by atoms with E-state index >= 15 is 0 Å². The highest BCUT2D eigenvalue weighted by Gasteiger charge is 2.07. The lowest BCUT2D eigenvalue weighted by atomic mass is 10.2. The van der Waals surface area contributed by atoms with Crippen molar-refractivity contribution in [3.8, 4) is 0 Å². The van der Waals surface area contributed by atoms with E-state index in [1.165, 1.54) is 11.1 Å². The van der Waals surface area contributed by atoms with Crippen LogP contribution in [0.25, 0.3) is 5.52 Å². The Balaban J connectivity index is 2.51. The largest absolute Gasteiger partial charge is 0.316 e. The van der Waals surface area contributed by atoms with Crippen molar-refractivity contribution < 1.29 is 0 Å². The van der Waals surface area contributed by atoms with Crippen LogP contribution in [-0.2, 0) is 6.54 Å². The predicted molar refractivity (Wildman–Crippen MR) is 62.0 cm³/mol. The lowest BCUT2D eigenvalue weighted by Crippen LogP contribution is -2.06. The van der Waals surface area contributed by atoms with E-state index in [4.69, 9.17) is 0 Å². The van der Waals surface area contributed by atoms with E-state index in [0.717, 1.165) is 12.4 Å². The number of nitrogens with one attached hydrogen (secondary N) is 1. The quantitative estimate of drug-likeness (QED) is 0.828. The van der Waals surface area contributed by atoms with Crippen LogP contribution in [0.4, 0.5) is 0 Å². The first-order valence-corrected chi connectivity index (χ1v) is 5.33. The molecule has 0 aliphatic carbocycles. The molecule has 0 aromatic carbocycles. The van der Waals surface area contributed by atoms with Gasteiger partial charge in [-0.05, 0) is 18.7 Å². The summed E-state index contributed by atoms with van der Waals surface area (Å²) in [6, 6.07) is 4.25. The number of imidazole rings is 1. The number of aromatic nitrogens is 2. The Kier molecular flexibility index (Phi) is 2.73. The Morgan fingerprint density at radius 2 is 2.20 bits per heavy atom. The zero-order valence-electron chi connectivity index (χ0n) is 9.49. The molecule has 0 bridgehead atoms. The number of hydrogen-bond donors (Lipinski definition) is 1. The molecular weight excluding hydrogens is 186 g/mol. The molecule has 3 nitrogen and oxygen atoms in total. The van der Waals surface area contributed by atoms with E-state index in [9.17, 15) is 0 Å². The normalized spacial score (nSPS) is 11.5. The molecule has 0 atom stereocenters. The van der Waals surface area contributed by atoms with Crippen molar-refractivity contribution in [3.05, 3.63) is 35.9 Å². The second kappa shape index (κ2) is 4.03. The molecule has 0 fully saturated rings. The van der Waals surface area contributed by atoms with Crippen LogP contribution in [0.15, 0.2) is 24.5 Å². The molecule has 2 heterocycles. The van der Waals surface area contributed by atoms with Crippen LogP contribution in [-0.4, -0.2) is 16.4 Å². The predicted octanol–water partition coefficient (Wildman–Crippen LogP) is 2.18. The van der Waals surface area contributed by atoms with E-state index in [1.54, 1.807) is 0 Å². The molecule has 3 heteroatoms. The smallest absolute Gasteiger partial charge is 0.115 e. The number of nitrogens with zero attached hydrogens (tertiary/aromatic N) is 2. The lowest BCUT2D eigenvalue weighted by molar-refractivity contribution is 0.760. The van der Waals surface area contributed by atoms with Crippen molar-refractivity contribution in [2.24, 2.45) is 0 Å². The summed E-state index contributed by atoms with van der Waals surface area (Å²) in [7, 11) is 1.96. The maximum Gasteiger partial charge on any atom is 0.115 e. The maximum atomic E-state index is 4.44. The van der Waals surface area contributed by atoms with Crippen LogP contribution in [0.5, 0.6) is 0 Å². The van der Waals surface area contributed by atoms with Crippen molar-refractivity contribution >= 4 is 5.52 Å². The maximum absolute atomic E-state index is 4.44. The van der Waals surface area contributed by atoms with Gasteiger partial charge in [-0.1, -0.05) is 19.9 Å². The second-order valence-electron chi connectivity index (χ2n) is 4.13. The van der Waals surface area contributed by atoms with Gasteiger partial charge in [-0.15, -0.1) is 0 Å². The van der Waals surface area contributed by atoms with Crippen molar-refractivity contribution in [3.63, 3.8) is 0 Å². The Hall–Kier alpha value is -1.35. The third kappa shape index (κ3) is 1.88. The molecule has 0 radical (unpaired) electrons. The van der Waals surface area contributed by atoms with Gasteiger partial charge in [0, 0.05) is 18.7 Å². The summed E-state index contributed by atoms with van der Waals surface area (Å²) in [5, 5.41) is 3.16. The molecule has 0 aliphatic heterocycles. The van der Waals surface area contributed by atoms with Crippen LogP contribution in [0.1, 0.15) is 31.2 Å². The lowest BCUT2D eigenvalue weighted by Gasteiger charge is -2.06. The highest BCUT2D eigenvalue weighted by atomic mass is 15.0. The highest BCUT2D eigenvalue weighted by molar-refractivity contribution is 5.47. The summed E-state index contributed by atoms with van der Waals surface area (Å²) in [6.45, 7) is 5.23. The van der Waals surface area contributed by atoms with E-state index < -0.39 is 0 Å².